The largest absolute Gasteiger partial charge is 0.0840 e. The van der Waals surface area contributed by atoms with Gasteiger partial charge in [-0.3, -0.25) is 0 Å². The zero-order valence-corrected chi connectivity index (χ0v) is 9.36. The first-order chi connectivity index (χ1) is 6.14. The van der Waals surface area contributed by atoms with Crippen LogP contribution in [0, 0.1) is 0 Å². The van der Waals surface area contributed by atoms with Crippen molar-refractivity contribution in [3.63, 3.8) is 0 Å². The first-order valence-corrected chi connectivity index (χ1v) is 5.27. The van der Waals surface area contributed by atoms with E-state index in [1.54, 1.807) is 0 Å². The van der Waals surface area contributed by atoms with Gasteiger partial charge in [-0.2, -0.15) is 0 Å². The maximum atomic E-state index is 6.17. The summed E-state index contributed by atoms with van der Waals surface area (Å²) in [5, 5.41) is 0.897. The van der Waals surface area contributed by atoms with Crippen molar-refractivity contribution >= 4 is 11.6 Å². The minimum Gasteiger partial charge on any atom is -0.0840 e. The van der Waals surface area contributed by atoms with Gasteiger partial charge in [-0.15, -0.1) is 0 Å². The van der Waals surface area contributed by atoms with Crippen molar-refractivity contribution in [3.8, 4) is 0 Å². The molecule has 0 unspecified atom stereocenters. The van der Waals surface area contributed by atoms with Crippen LogP contribution in [0.4, 0.5) is 0 Å². The van der Waals surface area contributed by atoms with E-state index in [0.717, 1.165) is 17.9 Å². The third-order valence-corrected chi connectivity index (χ3v) is 3.41. The number of halogens is 1. The zero-order valence-electron chi connectivity index (χ0n) is 8.60. The van der Waals surface area contributed by atoms with Crippen LogP contribution in [0.15, 0.2) is 24.3 Å². The van der Waals surface area contributed by atoms with Crippen LogP contribution in [0.1, 0.15) is 39.2 Å². The van der Waals surface area contributed by atoms with Gasteiger partial charge in [0.2, 0.25) is 0 Å². The van der Waals surface area contributed by atoms with E-state index in [2.05, 4.69) is 32.9 Å². The van der Waals surface area contributed by atoms with Crippen LogP contribution >= 0.6 is 11.6 Å². The molecule has 0 nitrogen and oxygen atoms in total. The minimum atomic E-state index is 0.234. The molecule has 0 aliphatic carbocycles. The predicted molar refractivity (Wildman–Crippen MR) is 59.4 cm³/mol. The van der Waals surface area contributed by atoms with Crippen molar-refractivity contribution in [2.75, 3.05) is 0 Å². The van der Waals surface area contributed by atoms with E-state index in [0.29, 0.717) is 0 Å². The molecule has 1 heteroatoms. The van der Waals surface area contributed by atoms with Crippen LogP contribution in [0.25, 0.3) is 0 Å². The molecule has 0 atom stereocenters. The Labute approximate surface area is 85.9 Å². The third kappa shape index (κ3) is 2.05. The smallest absolute Gasteiger partial charge is 0.0443 e. The van der Waals surface area contributed by atoms with Crippen molar-refractivity contribution < 1.29 is 0 Å². The van der Waals surface area contributed by atoms with E-state index in [9.17, 15) is 0 Å². The predicted octanol–water partition coefficient (Wildman–Crippen LogP) is 4.42. The maximum absolute atomic E-state index is 6.17. The first-order valence-electron chi connectivity index (χ1n) is 4.89. The topological polar surface area (TPSA) is 0 Å². The fourth-order valence-electron chi connectivity index (χ4n) is 1.58. The lowest BCUT2D eigenvalue weighted by Crippen LogP contribution is -2.19. The van der Waals surface area contributed by atoms with Gasteiger partial charge in [0.15, 0.2) is 0 Å². The highest BCUT2D eigenvalue weighted by Gasteiger charge is 2.23. The Hall–Kier alpha value is -0.490. The summed E-state index contributed by atoms with van der Waals surface area (Å²) >= 11 is 6.17. The molecule has 0 bridgehead atoms. The Morgan fingerprint density at radius 3 is 2.15 bits per heavy atom. The molecule has 72 valence electrons. The highest BCUT2D eigenvalue weighted by Crippen LogP contribution is 2.35. The Kier molecular flexibility index (Phi) is 3.38. The van der Waals surface area contributed by atoms with Gasteiger partial charge in [0.25, 0.3) is 0 Å². The van der Waals surface area contributed by atoms with Crippen LogP contribution in [-0.4, -0.2) is 0 Å². The van der Waals surface area contributed by atoms with Crippen molar-refractivity contribution in [3.05, 3.63) is 34.9 Å². The second kappa shape index (κ2) is 4.15. The van der Waals surface area contributed by atoms with Gasteiger partial charge in [-0.05, 0) is 29.9 Å². The third-order valence-electron chi connectivity index (χ3n) is 3.08. The van der Waals surface area contributed by atoms with E-state index in [1.165, 1.54) is 5.56 Å². The zero-order chi connectivity index (χ0) is 9.90. The van der Waals surface area contributed by atoms with Crippen LogP contribution in [0.3, 0.4) is 0 Å². The van der Waals surface area contributed by atoms with Crippen LogP contribution in [0.2, 0.25) is 5.02 Å². The molecule has 0 amide bonds. The summed E-state index contributed by atoms with van der Waals surface area (Å²) in [6, 6.07) is 8.15. The molecular formula is C12H17Cl. The Morgan fingerprint density at radius 2 is 1.69 bits per heavy atom. The second-order valence-electron chi connectivity index (χ2n) is 3.75. The molecule has 0 aromatic heterocycles. The average Bonchev–Trinajstić information content (AvgIpc) is 2.17. The molecule has 0 saturated carbocycles. The van der Waals surface area contributed by atoms with Gasteiger partial charge in [0, 0.05) is 5.02 Å². The number of hydrogen-bond acceptors (Lipinski definition) is 0. The number of benzene rings is 1. The normalized spacial score (nSPS) is 11.7. The fraction of sp³-hybridized carbons (Fsp3) is 0.500. The minimum absolute atomic E-state index is 0.234. The summed E-state index contributed by atoms with van der Waals surface area (Å²) in [5.74, 6) is 0. The summed E-state index contributed by atoms with van der Waals surface area (Å²) in [7, 11) is 0. The second-order valence-corrected chi connectivity index (χ2v) is 4.15. The quantitative estimate of drug-likeness (QED) is 0.672. The van der Waals surface area contributed by atoms with E-state index in [-0.39, 0.29) is 5.41 Å². The standard InChI is InChI=1S/C12H17Cl/c1-4-12(3,5-2)10-8-6-7-9-11(10)13/h6-9H,4-5H2,1-3H3. The van der Waals surface area contributed by atoms with Crippen molar-refractivity contribution in [1.29, 1.82) is 0 Å². The van der Waals surface area contributed by atoms with Gasteiger partial charge in [0.1, 0.15) is 0 Å². The highest BCUT2D eigenvalue weighted by molar-refractivity contribution is 6.31. The molecule has 1 aromatic carbocycles. The van der Waals surface area contributed by atoms with E-state index in [4.69, 9.17) is 11.6 Å². The number of hydrogen-bond donors (Lipinski definition) is 0. The Morgan fingerprint density at radius 1 is 1.15 bits per heavy atom. The first kappa shape index (κ1) is 10.6. The van der Waals surface area contributed by atoms with Crippen LogP contribution < -0.4 is 0 Å². The van der Waals surface area contributed by atoms with Gasteiger partial charge in [-0.1, -0.05) is 50.6 Å². The molecule has 1 rings (SSSR count). The molecule has 1 aromatic rings. The molecule has 0 spiro atoms. The van der Waals surface area contributed by atoms with Crippen molar-refractivity contribution in [1.82, 2.24) is 0 Å². The lowest BCUT2D eigenvalue weighted by Gasteiger charge is -2.28. The molecule has 0 saturated heterocycles. The van der Waals surface area contributed by atoms with Gasteiger partial charge < -0.3 is 0 Å². The number of rotatable bonds is 3. The van der Waals surface area contributed by atoms with Crippen LogP contribution in [-0.2, 0) is 5.41 Å². The maximum Gasteiger partial charge on any atom is 0.0443 e. The van der Waals surface area contributed by atoms with Crippen LogP contribution in [0.5, 0.6) is 0 Å². The molecule has 0 aliphatic rings. The molecule has 0 fully saturated rings. The van der Waals surface area contributed by atoms with Crippen molar-refractivity contribution in [2.45, 2.75) is 39.0 Å². The van der Waals surface area contributed by atoms with Gasteiger partial charge >= 0.3 is 0 Å². The average molecular weight is 197 g/mol. The monoisotopic (exact) mass is 196 g/mol. The summed E-state index contributed by atoms with van der Waals surface area (Å²) < 4.78 is 0. The van der Waals surface area contributed by atoms with E-state index in [1.807, 2.05) is 12.1 Å². The Bertz CT molecular complexity index is 274. The summed E-state index contributed by atoms with van der Waals surface area (Å²) in [5.41, 5.74) is 1.51. The molecule has 0 radical (unpaired) electrons. The van der Waals surface area contributed by atoms with Gasteiger partial charge in [0.05, 0.1) is 0 Å². The SMILES string of the molecule is CCC(C)(CC)c1ccccc1Cl. The van der Waals surface area contributed by atoms with E-state index >= 15 is 0 Å². The molecule has 0 heterocycles. The molecule has 13 heavy (non-hydrogen) atoms. The van der Waals surface area contributed by atoms with E-state index < -0.39 is 0 Å². The van der Waals surface area contributed by atoms with Crippen molar-refractivity contribution in [2.24, 2.45) is 0 Å². The summed E-state index contributed by atoms with van der Waals surface area (Å²) in [6.07, 6.45) is 2.26. The molecule has 0 aliphatic heterocycles. The van der Waals surface area contributed by atoms with Gasteiger partial charge in [-0.25, -0.2) is 0 Å². The molecule has 0 N–H and O–H groups in total. The summed E-state index contributed by atoms with van der Waals surface area (Å²) in [6.45, 7) is 6.70. The molecular weight excluding hydrogens is 180 g/mol. The lowest BCUT2D eigenvalue weighted by atomic mass is 9.78. The highest BCUT2D eigenvalue weighted by atomic mass is 35.5. The lowest BCUT2D eigenvalue weighted by molar-refractivity contribution is 0.439. The summed E-state index contributed by atoms with van der Waals surface area (Å²) in [4.78, 5) is 0. The Balaban J connectivity index is 3.12. The fourth-order valence-corrected chi connectivity index (χ4v) is 1.95.